The van der Waals surface area contributed by atoms with E-state index < -0.39 is 0 Å². The predicted molar refractivity (Wildman–Crippen MR) is 68.9 cm³/mol. The average Bonchev–Trinajstić information content (AvgIpc) is 2.78. The van der Waals surface area contributed by atoms with Crippen LogP contribution in [0, 0.1) is 0 Å². The number of nitrogens with one attached hydrogen (secondary N) is 2. The quantitative estimate of drug-likeness (QED) is 0.798. The monoisotopic (exact) mass is 240 g/mol. The summed E-state index contributed by atoms with van der Waals surface area (Å²) in [5.41, 5.74) is 0. The highest BCUT2D eigenvalue weighted by molar-refractivity contribution is 7.10. The molecule has 1 amide bonds. The third kappa shape index (κ3) is 3.94. The van der Waals surface area contributed by atoms with Crippen LogP contribution < -0.4 is 10.6 Å². The standard InChI is InChI=1S/C12H20N2OS/c1-4-13-9(2)8-14-12(15)10(3)11-6-5-7-16-11/h5-7,9-10,13H,4,8H2,1-3H3,(H,14,15)/t9-,10?/m1/s1. The lowest BCUT2D eigenvalue weighted by Gasteiger charge is -2.15. The molecule has 1 aromatic rings. The summed E-state index contributed by atoms with van der Waals surface area (Å²) in [5.74, 6) is 0.0565. The number of hydrogen-bond acceptors (Lipinski definition) is 3. The lowest BCUT2D eigenvalue weighted by atomic mass is 10.1. The normalized spacial score (nSPS) is 14.4. The van der Waals surface area contributed by atoms with Crippen molar-refractivity contribution in [3.8, 4) is 0 Å². The highest BCUT2D eigenvalue weighted by Gasteiger charge is 2.15. The van der Waals surface area contributed by atoms with Crippen LogP contribution in [0.15, 0.2) is 17.5 Å². The third-order valence-electron chi connectivity index (χ3n) is 2.50. The molecule has 0 spiro atoms. The van der Waals surface area contributed by atoms with Crippen LogP contribution in [-0.2, 0) is 4.79 Å². The molecule has 0 bridgehead atoms. The topological polar surface area (TPSA) is 41.1 Å². The molecule has 0 radical (unpaired) electrons. The molecule has 0 aliphatic carbocycles. The molecule has 0 saturated heterocycles. The molecule has 0 fully saturated rings. The molecule has 2 N–H and O–H groups in total. The minimum atomic E-state index is -0.0474. The van der Waals surface area contributed by atoms with Gasteiger partial charge in [-0.1, -0.05) is 13.0 Å². The first-order chi connectivity index (χ1) is 7.65. The molecule has 16 heavy (non-hydrogen) atoms. The lowest BCUT2D eigenvalue weighted by Crippen LogP contribution is -2.40. The zero-order valence-corrected chi connectivity index (χ0v) is 10.9. The minimum Gasteiger partial charge on any atom is -0.354 e. The van der Waals surface area contributed by atoms with Crippen LogP contribution in [0.1, 0.15) is 31.6 Å². The van der Waals surface area contributed by atoms with Crippen molar-refractivity contribution in [1.29, 1.82) is 0 Å². The highest BCUT2D eigenvalue weighted by Crippen LogP contribution is 2.20. The number of amides is 1. The van der Waals surface area contributed by atoms with Crippen molar-refractivity contribution in [1.82, 2.24) is 10.6 Å². The van der Waals surface area contributed by atoms with Crippen molar-refractivity contribution in [2.45, 2.75) is 32.7 Å². The first-order valence-electron chi connectivity index (χ1n) is 5.69. The van der Waals surface area contributed by atoms with E-state index in [1.54, 1.807) is 11.3 Å². The molecule has 0 saturated carbocycles. The summed E-state index contributed by atoms with van der Waals surface area (Å²) in [6, 6.07) is 4.30. The van der Waals surface area contributed by atoms with E-state index in [1.165, 1.54) is 0 Å². The summed E-state index contributed by atoms with van der Waals surface area (Å²) < 4.78 is 0. The molecule has 3 nitrogen and oxygen atoms in total. The summed E-state index contributed by atoms with van der Waals surface area (Å²) >= 11 is 1.63. The molecule has 1 unspecified atom stereocenters. The molecule has 2 atom stereocenters. The fourth-order valence-electron chi connectivity index (χ4n) is 1.49. The Kier molecular flexibility index (Phi) is 5.49. The summed E-state index contributed by atoms with van der Waals surface area (Å²) in [4.78, 5) is 12.9. The van der Waals surface area contributed by atoms with E-state index >= 15 is 0 Å². The molecule has 1 aromatic heterocycles. The van der Waals surface area contributed by atoms with Gasteiger partial charge >= 0.3 is 0 Å². The number of likely N-dealkylation sites (N-methyl/N-ethyl adjacent to an activating group) is 1. The molecule has 1 heterocycles. The summed E-state index contributed by atoms with van der Waals surface area (Å²) in [5, 5.41) is 8.22. The van der Waals surface area contributed by atoms with Gasteiger partial charge in [-0.15, -0.1) is 11.3 Å². The second-order valence-corrected chi connectivity index (χ2v) is 4.92. The fourth-order valence-corrected chi connectivity index (χ4v) is 2.28. The van der Waals surface area contributed by atoms with Crippen LogP contribution in [0.4, 0.5) is 0 Å². The van der Waals surface area contributed by atoms with E-state index in [1.807, 2.05) is 24.4 Å². The molecule has 0 aliphatic rings. The van der Waals surface area contributed by atoms with Gasteiger partial charge in [-0.3, -0.25) is 4.79 Å². The van der Waals surface area contributed by atoms with Crippen LogP contribution in [0.2, 0.25) is 0 Å². The number of thiophene rings is 1. The highest BCUT2D eigenvalue weighted by atomic mass is 32.1. The van der Waals surface area contributed by atoms with Gasteiger partial charge in [0.05, 0.1) is 5.92 Å². The zero-order valence-electron chi connectivity index (χ0n) is 10.1. The summed E-state index contributed by atoms with van der Waals surface area (Å²) in [7, 11) is 0. The van der Waals surface area contributed by atoms with Crippen molar-refractivity contribution in [2.24, 2.45) is 0 Å². The van der Waals surface area contributed by atoms with E-state index in [9.17, 15) is 4.79 Å². The summed E-state index contributed by atoms with van der Waals surface area (Å²) in [6.07, 6.45) is 0. The van der Waals surface area contributed by atoms with E-state index in [4.69, 9.17) is 0 Å². The fraction of sp³-hybridized carbons (Fsp3) is 0.583. The number of rotatable bonds is 6. The van der Waals surface area contributed by atoms with Crippen molar-refractivity contribution < 1.29 is 4.79 Å². The SMILES string of the molecule is CCN[C@H](C)CNC(=O)C(C)c1cccs1. The Morgan fingerprint density at radius 2 is 2.25 bits per heavy atom. The summed E-state index contributed by atoms with van der Waals surface area (Å²) in [6.45, 7) is 7.69. The number of hydrogen-bond donors (Lipinski definition) is 2. The van der Waals surface area contributed by atoms with Crippen molar-refractivity contribution in [2.75, 3.05) is 13.1 Å². The Morgan fingerprint density at radius 1 is 1.50 bits per heavy atom. The van der Waals surface area contributed by atoms with Crippen LogP contribution >= 0.6 is 11.3 Å². The average molecular weight is 240 g/mol. The molecule has 1 rings (SSSR count). The van der Waals surface area contributed by atoms with E-state index in [0.717, 1.165) is 11.4 Å². The maximum absolute atomic E-state index is 11.8. The van der Waals surface area contributed by atoms with Crippen molar-refractivity contribution in [3.05, 3.63) is 22.4 Å². The Balaban J connectivity index is 2.35. The van der Waals surface area contributed by atoms with Crippen LogP contribution in [-0.4, -0.2) is 25.0 Å². The Labute approximate surface area is 101 Å². The Hall–Kier alpha value is -0.870. The first kappa shape index (κ1) is 13.2. The smallest absolute Gasteiger partial charge is 0.228 e. The van der Waals surface area contributed by atoms with Gasteiger partial charge in [-0.25, -0.2) is 0 Å². The van der Waals surface area contributed by atoms with Crippen LogP contribution in [0.3, 0.4) is 0 Å². The minimum absolute atomic E-state index is 0.0474. The van der Waals surface area contributed by atoms with Crippen molar-refractivity contribution >= 4 is 17.2 Å². The van der Waals surface area contributed by atoms with E-state index in [2.05, 4.69) is 24.5 Å². The van der Waals surface area contributed by atoms with E-state index in [0.29, 0.717) is 12.6 Å². The van der Waals surface area contributed by atoms with Gasteiger partial charge in [0, 0.05) is 17.5 Å². The maximum atomic E-state index is 11.8. The molecule has 4 heteroatoms. The Bertz CT molecular complexity index is 311. The third-order valence-corrected chi connectivity index (χ3v) is 3.55. The van der Waals surface area contributed by atoms with Gasteiger partial charge in [-0.05, 0) is 31.8 Å². The molecule has 0 aromatic carbocycles. The molecular formula is C12H20N2OS. The predicted octanol–water partition coefficient (Wildman–Crippen LogP) is 1.97. The van der Waals surface area contributed by atoms with E-state index in [-0.39, 0.29) is 11.8 Å². The van der Waals surface area contributed by atoms with Gasteiger partial charge in [0.25, 0.3) is 0 Å². The van der Waals surface area contributed by atoms with Gasteiger partial charge in [0.2, 0.25) is 5.91 Å². The van der Waals surface area contributed by atoms with Gasteiger partial charge in [0.15, 0.2) is 0 Å². The van der Waals surface area contributed by atoms with Gasteiger partial charge < -0.3 is 10.6 Å². The number of carbonyl (C=O) groups is 1. The lowest BCUT2D eigenvalue weighted by molar-refractivity contribution is -0.122. The second kappa shape index (κ2) is 6.66. The van der Waals surface area contributed by atoms with Crippen molar-refractivity contribution in [3.63, 3.8) is 0 Å². The molecule has 90 valence electrons. The second-order valence-electron chi connectivity index (χ2n) is 3.94. The Morgan fingerprint density at radius 3 is 2.81 bits per heavy atom. The maximum Gasteiger partial charge on any atom is 0.228 e. The molecule has 0 aliphatic heterocycles. The zero-order chi connectivity index (χ0) is 12.0. The first-order valence-corrected chi connectivity index (χ1v) is 6.57. The van der Waals surface area contributed by atoms with Crippen LogP contribution in [0.25, 0.3) is 0 Å². The van der Waals surface area contributed by atoms with Gasteiger partial charge in [0.1, 0.15) is 0 Å². The molecular weight excluding hydrogens is 220 g/mol. The largest absolute Gasteiger partial charge is 0.354 e. The van der Waals surface area contributed by atoms with Crippen LogP contribution in [0.5, 0.6) is 0 Å². The number of carbonyl (C=O) groups excluding carboxylic acids is 1. The van der Waals surface area contributed by atoms with Gasteiger partial charge in [-0.2, -0.15) is 0 Å².